The summed E-state index contributed by atoms with van der Waals surface area (Å²) in [5.74, 6) is 0.0138. The minimum absolute atomic E-state index is 0.120. The molecule has 0 saturated heterocycles. The lowest BCUT2D eigenvalue weighted by Gasteiger charge is -2.16. The fourth-order valence-corrected chi connectivity index (χ4v) is 3.61. The number of carbonyl (C=O) groups excluding carboxylic acids is 1. The van der Waals surface area contributed by atoms with Crippen molar-refractivity contribution in [3.63, 3.8) is 0 Å². The zero-order valence-corrected chi connectivity index (χ0v) is 15.3. The van der Waals surface area contributed by atoms with Crippen LogP contribution in [0.1, 0.15) is 37.3 Å². The van der Waals surface area contributed by atoms with Gasteiger partial charge in [0.15, 0.2) is 0 Å². The predicted molar refractivity (Wildman–Crippen MR) is 98.6 cm³/mol. The molecular formula is C19H24N2O3S. The fourth-order valence-electron chi connectivity index (χ4n) is 2.53. The number of sulfonamides is 1. The van der Waals surface area contributed by atoms with E-state index in [1.54, 1.807) is 24.3 Å². The van der Waals surface area contributed by atoms with Crippen LogP contribution < -0.4 is 10.0 Å². The highest BCUT2D eigenvalue weighted by Gasteiger charge is 2.17. The summed E-state index contributed by atoms with van der Waals surface area (Å²) in [6, 6.07) is 16.4. The molecule has 0 aliphatic rings. The van der Waals surface area contributed by atoms with Crippen LogP contribution in [-0.4, -0.2) is 20.9 Å². The Labute approximate surface area is 149 Å². The molecule has 0 unspecified atom stereocenters. The molecular weight excluding hydrogens is 336 g/mol. The fraction of sp³-hybridized carbons (Fsp3) is 0.316. The number of nitrogens with one attached hydrogen (secondary N) is 2. The molecule has 0 spiro atoms. The zero-order valence-electron chi connectivity index (χ0n) is 14.5. The quantitative estimate of drug-likeness (QED) is 0.760. The van der Waals surface area contributed by atoms with Crippen molar-refractivity contribution in [2.24, 2.45) is 0 Å². The Balaban J connectivity index is 2.02. The van der Waals surface area contributed by atoms with E-state index in [0.717, 1.165) is 17.5 Å². The maximum Gasteiger partial charge on any atom is 0.240 e. The van der Waals surface area contributed by atoms with Gasteiger partial charge in [-0.25, -0.2) is 13.1 Å². The molecule has 0 bridgehead atoms. The molecule has 0 aliphatic heterocycles. The van der Waals surface area contributed by atoms with Gasteiger partial charge in [-0.05, 0) is 35.6 Å². The molecule has 0 saturated carbocycles. The first-order chi connectivity index (χ1) is 11.9. The van der Waals surface area contributed by atoms with Crippen molar-refractivity contribution in [1.29, 1.82) is 0 Å². The average molecular weight is 360 g/mol. The van der Waals surface area contributed by atoms with Crippen LogP contribution in [0.2, 0.25) is 0 Å². The Morgan fingerprint density at radius 1 is 1.04 bits per heavy atom. The van der Waals surface area contributed by atoms with Gasteiger partial charge in [0, 0.05) is 20.0 Å². The van der Waals surface area contributed by atoms with E-state index >= 15 is 0 Å². The predicted octanol–water partition coefficient (Wildman–Crippen LogP) is 2.79. The van der Waals surface area contributed by atoms with E-state index in [-0.39, 0.29) is 16.7 Å². The molecule has 2 rings (SSSR count). The van der Waals surface area contributed by atoms with E-state index in [1.807, 2.05) is 37.3 Å². The van der Waals surface area contributed by atoms with Crippen molar-refractivity contribution in [3.05, 3.63) is 65.7 Å². The zero-order chi connectivity index (χ0) is 18.3. The number of rotatable bonds is 8. The van der Waals surface area contributed by atoms with Crippen LogP contribution in [0.15, 0.2) is 59.5 Å². The third-order valence-corrected chi connectivity index (χ3v) is 5.50. The molecule has 1 atom stereocenters. The molecule has 0 aromatic heterocycles. The van der Waals surface area contributed by atoms with Crippen molar-refractivity contribution in [2.45, 2.75) is 37.6 Å². The van der Waals surface area contributed by atoms with Crippen molar-refractivity contribution in [2.75, 3.05) is 6.54 Å². The molecule has 0 fully saturated rings. The molecule has 2 N–H and O–H groups in total. The average Bonchev–Trinajstić information content (AvgIpc) is 2.61. The SMILES string of the molecule is CC[C@H](CNS(=O)(=O)c1ccc(CNC(C)=O)cc1)c1ccccc1. The van der Waals surface area contributed by atoms with Gasteiger partial charge in [-0.1, -0.05) is 49.4 Å². The number of benzene rings is 2. The maximum absolute atomic E-state index is 12.5. The van der Waals surface area contributed by atoms with Gasteiger partial charge in [-0.15, -0.1) is 0 Å². The van der Waals surface area contributed by atoms with E-state index in [9.17, 15) is 13.2 Å². The third-order valence-electron chi connectivity index (χ3n) is 4.06. The van der Waals surface area contributed by atoms with Crippen LogP contribution in [0.25, 0.3) is 0 Å². The molecule has 25 heavy (non-hydrogen) atoms. The van der Waals surface area contributed by atoms with Crippen LogP contribution in [-0.2, 0) is 21.4 Å². The lowest BCUT2D eigenvalue weighted by molar-refractivity contribution is -0.119. The Kier molecular flexibility index (Phi) is 6.73. The van der Waals surface area contributed by atoms with Crippen LogP contribution in [0, 0.1) is 0 Å². The second kappa shape index (κ2) is 8.78. The lowest BCUT2D eigenvalue weighted by atomic mass is 9.97. The first-order valence-electron chi connectivity index (χ1n) is 8.30. The van der Waals surface area contributed by atoms with E-state index in [1.165, 1.54) is 6.92 Å². The highest BCUT2D eigenvalue weighted by atomic mass is 32.2. The Bertz CT molecular complexity index is 787. The van der Waals surface area contributed by atoms with Gasteiger partial charge in [0.25, 0.3) is 0 Å². The monoisotopic (exact) mass is 360 g/mol. The van der Waals surface area contributed by atoms with Crippen molar-refractivity contribution >= 4 is 15.9 Å². The van der Waals surface area contributed by atoms with Gasteiger partial charge in [0.05, 0.1) is 4.90 Å². The molecule has 1 amide bonds. The first-order valence-corrected chi connectivity index (χ1v) is 9.78. The summed E-state index contributed by atoms with van der Waals surface area (Å²) in [5, 5.41) is 2.68. The number of amides is 1. The highest BCUT2D eigenvalue weighted by Crippen LogP contribution is 2.19. The second-order valence-electron chi connectivity index (χ2n) is 5.92. The van der Waals surface area contributed by atoms with Gasteiger partial charge >= 0.3 is 0 Å². The first kappa shape index (κ1) is 19.1. The van der Waals surface area contributed by atoms with Crippen LogP contribution >= 0.6 is 0 Å². The molecule has 0 radical (unpaired) electrons. The molecule has 0 aliphatic carbocycles. The summed E-state index contributed by atoms with van der Waals surface area (Å²) in [5.41, 5.74) is 1.98. The summed E-state index contributed by atoms with van der Waals surface area (Å²) in [7, 11) is -3.56. The Hall–Kier alpha value is -2.18. The van der Waals surface area contributed by atoms with Crippen LogP contribution in [0.3, 0.4) is 0 Å². The molecule has 5 nitrogen and oxygen atoms in total. The molecule has 134 valence electrons. The van der Waals surface area contributed by atoms with Gasteiger partial charge in [-0.3, -0.25) is 4.79 Å². The van der Waals surface area contributed by atoms with E-state index in [0.29, 0.717) is 13.1 Å². The van der Waals surface area contributed by atoms with E-state index < -0.39 is 10.0 Å². The topological polar surface area (TPSA) is 75.3 Å². The Morgan fingerprint density at radius 3 is 2.24 bits per heavy atom. The summed E-state index contributed by atoms with van der Waals surface area (Å²) in [4.78, 5) is 11.1. The minimum atomic E-state index is -3.56. The largest absolute Gasteiger partial charge is 0.352 e. The number of hydrogen-bond donors (Lipinski definition) is 2. The highest BCUT2D eigenvalue weighted by molar-refractivity contribution is 7.89. The van der Waals surface area contributed by atoms with Gasteiger partial charge in [0.2, 0.25) is 15.9 Å². The Morgan fingerprint density at radius 2 is 1.68 bits per heavy atom. The van der Waals surface area contributed by atoms with Crippen molar-refractivity contribution < 1.29 is 13.2 Å². The summed E-state index contributed by atoms with van der Waals surface area (Å²) in [6.45, 7) is 4.23. The minimum Gasteiger partial charge on any atom is -0.352 e. The van der Waals surface area contributed by atoms with Crippen LogP contribution in [0.4, 0.5) is 0 Å². The summed E-state index contributed by atoms with van der Waals surface area (Å²) >= 11 is 0. The molecule has 0 heterocycles. The van der Waals surface area contributed by atoms with Crippen LogP contribution in [0.5, 0.6) is 0 Å². The smallest absolute Gasteiger partial charge is 0.240 e. The van der Waals surface area contributed by atoms with Crippen molar-refractivity contribution in [3.8, 4) is 0 Å². The standard InChI is InChI=1S/C19H24N2O3S/c1-3-17(18-7-5-4-6-8-18)14-21-25(23,24)19-11-9-16(10-12-19)13-20-15(2)22/h4-12,17,21H,3,13-14H2,1-2H3,(H,20,22)/t17-/m1/s1. The number of carbonyl (C=O) groups is 1. The van der Waals surface area contributed by atoms with Gasteiger partial charge in [0.1, 0.15) is 0 Å². The third kappa shape index (κ3) is 5.69. The maximum atomic E-state index is 12.5. The van der Waals surface area contributed by atoms with Crippen molar-refractivity contribution in [1.82, 2.24) is 10.0 Å². The molecule has 6 heteroatoms. The van der Waals surface area contributed by atoms with Gasteiger partial charge < -0.3 is 5.32 Å². The van der Waals surface area contributed by atoms with Gasteiger partial charge in [-0.2, -0.15) is 0 Å². The van der Waals surface area contributed by atoms with E-state index in [2.05, 4.69) is 10.0 Å². The lowest BCUT2D eigenvalue weighted by Crippen LogP contribution is -2.28. The summed E-state index contributed by atoms with van der Waals surface area (Å²) in [6.07, 6.45) is 0.849. The molecule has 2 aromatic rings. The van der Waals surface area contributed by atoms with E-state index in [4.69, 9.17) is 0 Å². The second-order valence-corrected chi connectivity index (χ2v) is 7.69. The summed E-state index contributed by atoms with van der Waals surface area (Å²) < 4.78 is 27.7. The normalized spacial score (nSPS) is 12.6. The molecule has 2 aromatic carbocycles. The number of hydrogen-bond acceptors (Lipinski definition) is 3.